The Kier molecular flexibility index (Phi) is 4.02. The molecule has 0 unspecified atom stereocenters. The van der Waals surface area contributed by atoms with Crippen molar-refractivity contribution in [2.75, 3.05) is 0 Å². The highest BCUT2D eigenvalue weighted by molar-refractivity contribution is 5.32. The van der Waals surface area contributed by atoms with Gasteiger partial charge in [-0.3, -0.25) is 4.68 Å². The van der Waals surface area contributed by atoms with Crippen LogP contribution in [0.15, 0.2) is 36.5 Å². The van der Waals surface area contributed by atoms with Crippen LogP contribution in [0.3, 0.4) is 0 Å². The minimum absolute atomic E-state index is 0.00725. The van der Waals surface area contributed by atoms with Crippen molar-refractivity contribution >= 4 is 0 Å². The highest BCUT2D eigenvalue weighted by Crippen LogP contribution is 2.28. The lowest BCUT2D eigenvalue weighted by atomic mass is 10.2. The summed E-state index contributed by atoms with van der Waals surface area (Å²) in [4.78, 5) is 0. The van der Waals surface area contributed by atoms with Crippen LogP contribution < -0.4 is 4.74 Å². The van der Waals surface area contributed by atoms with E-state index in [1.807, 2.05) is 36.5 Å². The molecule has 0 amide bonds. The van der Waals surface area contributed by atoms with E-state index >= 15 is 0 Å². The molecule has 0 aliphatic heterocycles. The predicted octanol–water partition coefficient (Wildman–Crippen LogP) is 3.07. The van der Waals surface area contributed by atoms with Gasteiger partial charge in [-0.1, -0.05) is 31.0 Å². The lowest BCUT2D eigenvalue weighted by molar-refractivity contribution is 0.256. The Morgan fingerprint density at radius 3 is 2.80 bits per heavy atom. The number of aromatic nitrogens is 2. The number of benzene rings is 1. The summed E-state index contributed by atoms with van der Waals surface area (Å²) in [5, 5.41) is 13.9. The lowest BCUT2D eigenvalue weighted by Gasteiger charge is -2.10. The standard InChI is InChI=1S/C16H20N2O2/c19-11-13-5-1-4-8-16(13)20-12-14-9-10-18(17-14)15-6-2-3-7-15/h1,4-5,8-10,15,19H,2-3,6-7,11-12H2. The molecule has 106 valence electrons. The van der Waals surface area contributed by atoms with Crippen LogP contribution in [0.2, 0.25) is 0 Å². The van der Waals surface area contributed by atoms with Gasteiger partial charge in [-0.05, 0) is 25.0 Å². The first-order valence-electron chi connectivity index (χ1n) is 7.22. The number of nitrogens with zero attached hydrogens (tertiary/aromatic N) is 2. The smallest absolute Gasteiger partial charge is 0.132 e. The summed E-state index contributed by atoms with van der Waals surface area (Å²) in [6.45, 7) is 0.434. The fourth-order valence-corrected chi connectivity index (χ4v) is 2.75. The quantitative estimate of drug-likeness (QED) is 0.910. The van der Waals surface area contributed by atoms with Crippen LogP contribution in [0.4, 0.5) is 0 Å². The van der Waals surface area contributed by atoms with E-state index in [0.717, 1.165) is 17.0 Å². The molecule has 0 atom stereocenters. The third-order valence-corrected chi connectivity index (χ3v) is 3.88. The first-order valence-corrected chi connectivity index (χ1v) is 7.22. The third kappa shape index (κ3) is 2.85. The maximum Gasteiger partial charge on any atom is 0.132 e. The van der Waals surface area contributed by atoms with Crippen molar-refractivity contribution in [3.8, 4) is 5.75 Å². The zero-order chi connectivity index (χ0) is 13.8. The maximum absolute atomic E-state index is 9.26. The van der Waals surface area contributed by atoms with E-state index in [1.54, 1.807) is 0 Å². The molecular formula is C16H20N2O2. The van der Waals surface area contributed by atoms with E-state index in [4.69, 9.17) is 4.74 Å². The fourth-order valence-electron chi connectivity index (χ4n) is 2.75. The summed E-state index contributed by atoms with van der Waals surface area (Å²) in [6.07, 6.45) is 7.12. The first-order chi connectivity index (χ1) is 9.86. The number of hydrogen-bond acceptors (Lipinski definition) is 3. The Balaban J connectivity index is 1.63. The number of aliphatic hydroxyl groups is 1. The molecule has 0 radical (unpaired) electrons. The third-order valence-electron chi connectivity index (χ3n) is 3.88. The second-order valence-electron chi connectivity index (χ2n) is 5.28. The van der Waals surface area contributed by atoms with Crippen LogP contribution in [0, 0.1) is 0 Å². The molecule has 1 aliphatic carbocycles. The van der Waals surface area contributed by atoms with Crippen molar-refractivity contribution in [1.29, 1.82) is 0 Å². The molecule has 1 fully saturated rings. The summed E-state index contributed by atoms with van der Waals surface area (Å²) >= 11 is 0. The maximum atomic E-state index is 9.26. The van der Waals surface area contributed by atoms with Gasteiger partial charge in [0.2, 0.25) is 0 Å². The van der Waals surface area contributed by atoms with E-state index in [9.17, 15) is 5.11 Å². The Labute approximate surface area is 119 Å². The van der Waals surface area contributed by atoms with E-state index in [2.05, 4.69) is 9.78 Å². The molecule has 4 heteroatoms. The fraction of sp³-hybridized carbons (Fsp3) is 0.438. The normalized spacial score (nSPS) is 15.7. The zero-order valence-corrected chi connectivity index (χ0v) is 11.5. The molecule has 0 saturated heterocycles. The Morgan fingerprint density at radius 2 is 2.00 bits per heavy atom. The number of rotatable bonds is 5. The SMILES string of the molecule is OCc1ccccc1OCc1ccn(C2CCCC2)n1. The van der Waals surface area contributed by atoms with Crippen LogP contribution in [-0.4, -0.2) is 14.9 Å². The second-order valence-corrected chi connectivity index (χ2v) is 5.28. The first kappa shape index (κ1) is 13.2. The number of para-hydroxylation sites is 1. The van der Waals surface area contributed by atoms with Gasteiger partial charge in [0.15, 0.2) is 0 Å². The molecule has 1 aromatic heterocycles. The van der Waals surface area contributed by atoms with Crippen molar-refractivity contribution < 1.29 is 9.84 Å². The van der Waals surface area contributed by atoms with E-state index in [-0.39, 0.29) is 6.61 Å². The van der Waals surface area contributed by atoms with Gasteiger partial charge in [-0.25, -0.2) is 0 Å². The topological polar surface area (TPSA) is 47.3 Å². The molecule has 2 aromatic rings. The van der Waals surface area contributed by atoms with Gasteiger partial charge in [-0.15, -0.1) is 0 Å². The molecule has 1 aromatic carbocycles. The van der Waals surface area contributed by atoms with Crippen molar-refractivity contribution in [1.82, 2.24) is 9.78 Å². The summed E-state index contributed by atoms with van der Waals surface area (Å²) in [5.74, 6) is 0.727. The molecule has 0 bridgehead atoms. The van der Waals surface area contributed by atoms with Gasteiger partial charge in [0.25, 0.3) is 0 Å². The minimum atomic E-state index is -0.00725. The molecular weight excluding hydrogens is 252 g/mol. The van der Waals surface area contributed by atoms with Gasteiger partial charge >= 0.3 is 0 Å². The van der Waals surface area contributed by atoms with Crippen LogP contribution in [0.1, 0.15) is 43.0 Å². The highest BCUT2D eigenvalue weighted by Gasteiger charge is 2.17. The average molecular weight is 272 g/mol. The molecule has 4 nitrogen and oxygen atoms in total. The Bertz CT molecular complexity index is 559. The Morgan fingerprint density at radius 1 is 1.20 bits per heavy atom. The molecule has 1 heterocycles. The van der Waals surface area contributed by atoms with Gasteiger partial charge in [0, 0.05) is 11.8 Å². The number of ether oxygens (including phenoxy) is 1. The van der Waals surface area contributed by atoms with Gasteiger partial charge in [-0.2, -0.15) is 5.10 Å². The summed E-state index contributed by atoms with van der Waals surface area (Å²) in [6, 6.07) is 10.1. The van der Waals surface area contributed by atoms with Crippen molar-refractivity contribution in [3.05, 3.63) is 47.8 Å². The van der Waals surface area contributed by atoms with Crippen LogP contribution in [0.5, 0.6) is 5.75 Å². The number of aliphatic hydroxyl groups excluding tert-OH is 1. The van der Waals surface area contributed by atoms with Crippen molar-refractivity contribution in [2.24, 2.45) is 0 Å². The molecule has 0 spiro atoms. The summed E-state index contributed by atoms with van der Waals surface area (Å²) in [7, 11) is 0. The molecule has 20 heavy (non-hydrogen) atoms. The van der Waals surface area contributed by atoms with Crippen molar-refractivity contribution in [2.45, 2.75) is 44.9 Å². The average Bonchev–Trinajstić information content (AvgIpc) is 3.16. The van der Waals surface area contributed by atoms with Gasteiger partial charge in [0.05, 0.1) is 18.3 Å². The molecule has 3 rings (SSSR count). The molecule has 1 saturated carbocycles. The highest BCUT2D eigenvalue weighted by atomic mass is 16.5. The van der Waals surface area contributed by atoms with Gasteiger partial charge < -0.3 is 9.84 Å². The van der Waals surface area contributed by atoms with Gasteiger partial charge in [0.1, 0.15) is 12.4 Å². The largest absolute Gasteiger partial charge is 0.487 e. The molecule has 1 N–H and O–H groups in total. The predicted molar refractivity (Wildman–Crippen MR) is 76.4 cm³/mol. The van der Waals surface area contributed by atoms with Crippen LogP contribution in [-0.2, 0) is 13.2 Å². The summed E-state index contributed by atoms with van der Waals surface area (Å²) in [5.41, 5.74) is 1.74. The van der Waals surface area contributed by atoms with Crippen LogP contribution >= 0.6 is 0 Å². The second kappa shape index (κ2) is 6.09. The number of hydrogen-bond donors (Lipinski definition) is 1. The van der Waals surface area contributed by atoms with E-state index < -0.39 is 0 Å². The monoisotopic (exact) mass is 272 g/mol. The summed E-state index contributed by atoms with van der Waals surface area (Å²) < 4.78 is 7.83. The van der Waals surface area contributed by atoms with Crippen molar-refractivity contribution in [3.63, 3.8) is 0 Å². The minimum Gasteiger partial charge on any atom is -0.487 e. The van der Waals surface area contributed by atoms with Crippen LogP contribution in [0.25, 0.3) is 0 Å². The zero-order valence-electron chi connectivity index (χ0n) is 11.5. The van der Waals surface area contributed by atoms with E-state index in [1.165, 1.54) is 25.7 Å². The van der Waals surface area contributed by atoms with E-state index in [0.29, 0.717) is 12.6 Å². The lowest BCUT2D eigenvalue weighted by Crippen LogP contribution is -2.06. The molecule has 1 aliphatic rings. The Hall–Kier alpha value is -1.81.